The molecule has 1 aromatic carbocycles. The summed E-state index contributed by atoms with van der Waals surface area (Å²) in [5.74, 6) is 0.821. The molecule has 1 aliphatic heterocycles. The van der Waals surface area contributed by atoms with E-state index in [1.54, 1.807) is 0 Å². The van der Waals surface area contributed by atoms with E-state index in [1.165, 1.54) is 5.69 Å². The van der Waals surface area contributed by atoms with Crippen LogP contribution in [0.15, 0.2) is 46.9 Å². The van der Waals surface area contributed by atoms with Gasteiger partial charge in [0.05, 0.1) is 26.5 Å². The Labute approximate surface area is 124 Å². The highest BCUT2D eigenvalue weighted by atomic mass is 15.3. The van der Waals surface area contributed by atoms with Crippen LogP contribution in [-0.2, 0) is 14.1 Å². The van der Waals surface area contributed by atoms with Crippen molar-refractivity contribution in [1.82, 2.24) is 9.88 Å². The molecule has 1 fully saturated rings. The van der Waals surface area contributed by atoms with Gasteiger partial charge in [0.1, 0.15) is 5.69 Å². The van der Waals surface area contributed by atoms with Crippen molar-refractivity contribution in [2.24, 2.45) is 24.3 Å². The number of imidazole rings is 1. The molecule has 6 heteroatoms. The first-order chi connectivity index (χ1) is 10.2. The van der Waals surface area contributed by atoms with Crippen molar-refractivity contribution in [3.8, 4) is 0 Å². The second kappa shape index (κ2) is 6.05. The summed E-state index contributed by atoms with van der Waals surface area (Å²) in [4.78, 5) is 2.38. The van der Waals surface area contributed by atoms with Crippen LogP contribution in [0.25, 0.3) is 0 Å². The standard InChI is InChI=1S/C15H21N6/c1-19-11-12-20(2)15(19)18-17-13-3-5-14(6-4-13)21-9-7-16-8-10-21/h3-6,11-12,16H,7-10H2,1-2H3/q+1. The number of aromatic nitrogens is 2. The van der Waals surface area contributed by atoms with Crippen LogP contribution in [0.2, 0.25) is 0 Å². The monoisotopic (exact) mass is 285 g/mol. The van der Waals surface area contributed by atoms with E-state index in [-0.39, 0.29) is 0 Å². The number of piperazine rings is 1. The largest absolute Gasteiger partial charge is 0.421 e. The fourth-order valence-corrected chi connectivity index (χ4v) is 2.48. The Morgan fingerprint density at radius 3 is 2.43 bits per heavy atom. The third kappa shape index (κ3) is 3.11. The number of hydrogen-bond donors (Lipinski definition) is 1. The van der Waals surface area contributed by atoms with Gasteiger partial charge in [-0.1, -0.05) is 5.11 Å². The second-order valence-corrected chi connectivity index (χ2v) is 5.27. The van der Waals surface area contributed by atoms with Gasteiger partial charge in [-0.2, -0.15) is 0 Å². The number of aryl methyl sites for hydroxylation is 2. The smallest absolute Gasteiger partial charge is 0.369 e. The molecule has 110 valence electrons. The van der Waals surface area contributed by atoms with E-state index in [0.29, 0.717) is 0 Å². The van der Waals surface area contributed by atoms with Crippen LogP contribution in [-0.4, -0.2) is 30.7 Å². The molecule has 21 heavy (non-hydrogen) atoms. The zero-order chi connectivity index (χ0) is 14.7. The molecule has 0 spiro atoms. The van der Waals surface area contributed by atoms with E-state index >= 15 is 0 Å². The van der Waals surface area contributed by atoms with E-state index in [9.17, 15) is 0 Å². The summed E-state index contributed by atoms with van der Waals surface area (Å²) >= 11 is 0. The Bertz CT molecular complexity index is 603. The molecular weight excluding hydrogens is 264 g/mol. The fraction of sp³-hybridized carbons (Fsp3) is 0.400. The predicted molar refractivity (Wildman–Crippen MR) is 82.3 cm³/mol. The summed E-state index contributed by atoms with van der Waals surface area (Å²) in [6.45, 7) is 4.21. The maximum atomic E-state index is 4.31. The Hall–Kier alpha value is -2.21. The summed E-state index contributed by atoms with van der Waals surface area (Å²) in [5.41, 5.74) is 2.12. The molecule has 6 nitrogen and oxygen atoms in total. The first-order valence-electron chi connectivity index (χ1n) is 7.22. The lowest BCUT2D eigenvalue weighted by Gasteiger charge is -2.29. The predicted octanol–water partition coefficient (Wildman–Crippen LogP) is 1.67. The van der Waals surface area contributed by atoms with Crippen LogP contribution in [0.5, 0.6) is 0 Å². The summed E-state index contributed by atoms with van der Waals surface area (Å²) < 4.78 is 3.89. The first-order valence-corrected chi connectivity index (χ1v) is 7.22. The van der Waals surface area contributed by atoms with Crippen LogP contribution in [0.3, 0.4) is 0 Å². The van der Waals surface area contributed by atoms with Gasteiger partial charge < -0.3 is 10.2 Å². The van der Waals surface area contributed by atoms with Gasteiger partial charge in [0.25, 0.3) is 0 Å². The molecule has 2 heterocycles. The van der Waals surface area contributed by atoms with Gasteiger partial charge in [-0.25, -0.2) is 9.13 Å². The molecule has 1 saturated heterocycles. The number of nitrogens with one attached hydrogen (secondary N) is 1. The van der Waals surface area contributed by atoms with Gasteiger partial charge in [-0.3, -0.25) is 0 Å². The number of benzene rings is 1. The quantitative estimate of drug-likeness (QED) is 0.689. The summed E-state index contributed by atoms with van der Waals surface area (Å²) in [6, 6.07) is 8.27. The second-order valence-electron chi connectivity index (χ2n) is 5.27. The van der Waals surface area contributed by atoms with Gasteiger partial charge in [-0.15, -0.1) is 0 Å². The minimum absolute atomic E-state index is 0.821. The topological polar surface area (TPSA) is 48.8 Å². The number of hydrogen-bond acceptors (Lipinski definition) is 4. The average molecular weight is 285 g/mol. The summed E-state index contributed by atoms with van der Waals surface area (Å²) in [6.07, 6.45) is 3.92. The van der Waals surface area contributed by atoms with Crippen LogP contribution < -0.4 is 14.8 Å². The number of rotatable bonds is 3. The SMILES string of the molecule is Cn1cc[n+](C)c1N=Nc1ccc(N2CCNCC2)cc1. The highest BCUT2D eigenvalue weighted by molar-refractivity contribution is 5.53. The fourth-order valence-electron chi connectivity index (χ4n) is 2.48. The third-order valence-electron chi connectivity index (χ3n) is 3.73. The normalized spacial score (nSPS) is 15.8. The minimum atomic E-state index is 0.821. The molecule has 0 radical (unpaired) electrons. The van der Waals surface area contributed by atoms with Gasteiger partial charge in [0.2, 0.25) is 0 Å². The summed E-state index contributed by atoms with van der Waals surface area (Å²) in [5, 5.41) is 12.0. The van der Waals surface area contributed by atoms with E-state index in [0.717, 1.165) is 37.8 Å². The Morgan fingerprint density at radius 1 is 1.10 bits per heavy atom. The molecular formula is C15H21N6+. The van der Waals surface area contributed by atoms with Gasteiger partial charge in [0, 0.05) is 37.0 Å². The molecule has 0 bridgehead atoms. The molecule has 0 unspecified atom stereocenters. The van der Waals surface area contributed by atoms with Crippen LogP contribution in [0.1, 0.15) is 0 Å². The Morgan fingerprint density at radius 2 is 1.81 bits per heavy atom. The molecule has 2 aromatic rings. The van der Waals surface area contributed by atoms with Gasteiger partial charge in [-0.05, 0) is 24.3 Å². The van der Waals surface area contributed by atoms with Crippen molar-refractivity contribution in [2.75, 3.05) is 31.1 Å². The summed E-state index contributed by atoms with van der Waals surface area (Å²) in [7, 11) is 3.92. The Balaban J connectivity index is 1.72. The van der Waals surface area contributed by atoms with Crippen LogP contribution in [0, 0.1) is 0 Å². The number of azo groups is 1. The van der Waals surface area contributed by atoms with Crippen molar-refractivity contribution in [3.63, 3.8) is 0 Å². The lowest BCUT2D eigenvalue weighted by Crippen LogP contribution is -2.43. The molecule has 1 aliphatic rings. The lowest BCUT2D eigenvalue weighted by molar-refractivity contribution is -0.657. The molecule has 3 rings (SSSR count). The number of anilines is 1. The van der Waals surface area contributed by atoms with Crippen molar-refractivity contribution < 1.29 is 4.57 Å². The Kier molecular flexibility index (Phi) is 3.96. The molecule has 0 aliphatic carbocycles. The van der Waals surface area contributed by atoms with E-state index in [2.05, 4.69) is 32.6 Å². The highest BCUT2D eigenvalue weighted by Crippen LogP contribution is 2.21. The number of nitrogens with zero attached hydrogens (tertiary/aromatic N) is 5. The van der Waals surface area contributed by atoms with Crippen LogP contribution in [0.4, 0.5) is 17.3 Å². The minimum Gasteiger partial charge on any atom is -0.369 e. The van der Waals surface area contributed by atoms with Crippen molar-refractivity contribution in [3.05, 3.63) is 36.7 Å². The maximum absolute atomic E-state index is 4.31. The van der Waals surface area contributed by atoms with Crippen molar-refractivity contribution >= 4 is 17.3 Å². The average Bonchev–Trinajstić information content (AvgIpc) is 2.85. The van der Waals surface area contributed by atoms with Gasteiger partial charge >= 0.3 is 5.95 Å². The van der Waals surface area contributed by atoms with Crippen molar-refractivity contribution in [2.45, 2.75) is 0 Å². The van der Waals surface area contributed by atoms with Crippen LogP contribution >= 0.6 is 0 Å². The molecule has 0 saturated carbocycles. The third-order valence-corrected chi connectivity index (χ3v) is 3.73. The highest BCUT2D eigenvalue weighted by Gasteiger charge is 2.11. The zero-order valence-corrected chi connectivity index (χ0v) is 12.5. The first kappa shape index (κ1) is 13.8. The lowest BCUT2D eigenvalue weighted by atomic mass is 10.2. The van der Waals surface area contributed by atoms with E-state index < -0.39 is 0 Å². The van der Waals surface area contributed by atoms with E-state index in [4.69, 9.17) is 0 Å². The maximum Gasteiger partial charge on any atom is 0.421 e. The van der Waals surface area contributed by atoms with E-state index in [1.807, 2.05) is 47.8 Å². The molecule has 1 aromatic heterocycles. The molecule has 1 N–H and O–H groups in total. The van der Waals surface area contributed by atoms with Crippen molar-refractivity contribution in [1.29, 1.82) is 0 Å². The van der Waals surface area contributed by atoms with Gasteiger partial charge in [0.15, 0.2) is 0 Å². The molecule has 0 amide bonds. The zero-order valence-electron chi connectivity index (χ0n) is 12.5. The molecule has 0 atom stereocenters.